The van der Waals surface area contributed by atoms with Crippen molar-refractivity contribution in [3.05, 3.63) is 34.5 Å². The summed E-state index contributed by atoms with van der Waals surface area (Å²) in [6.07, 6.45) is 3.20. The second-order valence-corrected chi connectivity index (χ2v) is 10.2. The summed E-state index contributed by atoms with van der Waals surface area (Å²) in [5, 5.41) is 4.44. The lowest BCUT2D eigenvalue weighted by atomic mass is 10.1. The van der Waals surface area contributed by atoms with E-state index in [4.69, 9.17) is 0 Å². The summed E-state index contributed by atoms with van der Waals surface area (Å²) in [6.45, 7) is 4.19. The number of aromatic nitrogens is 2. The average molecular weight is 395 g/mol. The molecule has 0 aromatic carbocycles. The fourth-order valence-corrected chi connectivity index (χ4v) is 6.35. The predicted octanol–water partition coefficient (Wildman–Crippen LogP) is 1.74. The Hall–Kier alpha value is -1.71. The Morgan fingerprint density at radius 3 is 2.54 bits per heavy atom. The maximum atomic E-state index is 12.7. The molecule has 2 aromatic rings. The van der Waals surface area contributed by atoms with Crippen molar-refractivity contribution in [3.63, 3.8) is 0 Å². The first-order valence-corrected chi connectivity index (χ1v) is 11.1. The molecule has 0 spiro atoms. The lowest BCUT2D eigenvalue weighted by Gasteiger charge is -2.33. The van der Waals surface area contributed by atoms with E-state index in [-0.39, 0.29) is 5.91 Å². The lowest BCUT2D eigenvalue weighted by molar-refractivity contribution is 0.0691. The molecule has 7 nitrogen and oxygen atoms in total. The monoisotopic (exact) mass is 394 g/mol. The molecule has 140 valence electrons. The van der Waals surface area contributed by atoms with E-state index in [1.165, 1.54) is 15.6 Å². The first kappa shape index (κ1) is 17.7. The van der Waals surface area contributed by atoms with Crippen molar-refractivity contribution >= 4 is 27.3 Å². The highest BCUT2D eigenvalue weighted by Gasteiger charge is 2.32. The minimum Gasteiger partial charge on any atom is -0.335 e. The van der Waals surface area contributed by atoms with Crippen LogP contribution < -0.4 is 0 Å². The molecule has 0 bridgehead atoms. The van der Waals surface area contributed by atoms with E-state index >= 15 is 0 Å². The Balaban J connectivity index is 1.43. The molecule has 4 heterocycles. The van der Waals surface area contributed by atoms with E-state index in [2.05, 4.69) is 5.10 Å². The number of carbonyl (C=O) groups is 1. The number of sulfonamides is 1. The van der Waals surface area contributed by atoms with Gasteiger partial charge in [-0.1, -0.05) is 0 Å². The van der Waals surface area contributed by atoms with Gasteiger partial charge < -0.3 is 4.90 Å². The molecule has 1 fully saturated rings. The van der Waals surface area contributed by atoms with Crippen LogP contribution >= 0.6 is 11.3 Å². The summed E-state index contributed by atoms with van der Waals surface area (Å²) in [4.78, 5) is 15.4. The van der Waals surface area contributed by atoms with Crippen molar-refractivity contribution in [3.8, 4) is 0 Å². The van der Waals surface area contributed by atoms with Crippen LogP contribution in [0, 0.1) is 6.92 Å². The molecule has 2 aromatic heterocycles. The number of carbonyl (C=O) groups excluding carboxylic acids is 1. The molecule has 2 aliphatic heterocycles. The smallest absolute Gasteiger partial charge is 0.274 e. The van der Waals surface area contributed by atoms with Crippen LogP contribution in [0.1, 0.15) is 33.9 Å². The van der Waals surface area contributed by atoms with Gasteiger partial charge in [0.1, 0.15) is 4.21 Å². The standard InChI is InChI=1S/C17H22N4O3S2/c1-13-5-6-16(25-13)26(23,24)20-10-8-19(9-11-20)17(22)15-12-14-4-2-3-7-21(14)18-15/h5-6,12H,2-4,7-11H2,1H3. The van der Waals surface area contributed by atoms with E-state index in [0.717, 1.165) is 36.4 Å². The molecule has 0 aliphatic carbocycles. The summed E-state index contributed by atoms with van der Waals surface area (Å²) >= 11 is 1.28. The second-order valence-electron chi connectivity index (χ2n) is 6.76. The number of hydrogen-bond donors (Lipinski definition) is 0. The van der Waals surface area contributed by atoms with Crippen LogP contribution in [0.15, 0.2) is 22.4 Å². The Labute approximate surface area is 157 Å². The Kier molecular flexibility index (Phi) is 4.62. The Morgan fingerprint density at radius 1 is 1.12 bits per heavy atom. The van der Waals surface area contributed by atoms with E-state index in [0.29, 0.717) is 36.1 Å². The third kappa shape index (κ3) is 3.19. The van der Waals surface area contributed by atoms with Crippen LogP contribution in [0.2, 0.25) is 0 Å². The van der Waals surface area contributed by atoms with Crippen LogP contribution in [0.5, 0.6) is 0 Å². The second kappa shape index (κ2) is 6.79. The van der Waals surface area contributed by atoms with Crippen LogP contribution in [-0.4, -0.2) is 59.5 Å². The zero-order valence-corrected chi connectivity index (χ0v) is 16.4. The van der Waals surface area contributed by atoms with Crippen LogP contribution in [0.3, 0.4) is 0 Å². The van der Waals surface area contributed by atoms with E-state index in [1.54, 1.807) is 11.0 Å². The molecule has 0 unspecified atom stereocenters. The van der Waals surface area contributed by atoms with Gasteiger partial charge in [0.2, 0.25) is 0 Å². The maximum Gasteiger partial charge on any atom is 0.274 e. The third-order valence-electron chi connectivity index (χ3n) is 4.97. The lowest BCUT2D eigenvalue weighted by Crippen LogP contribution is -2.50. The maximum absolute atomic E-state index is 12.7. The largest absolute Gasteiger partial charge is 0.335 e. The summed E-state index contributed by atoms with van der Waals surface area (Å²) in [7, 11) is -3.46. The number of amides is 1. The quantitative estimate of drug-likeness (QED) is 0.795. The van der Waals surface area contributed by atoms with Crippen molar-refractivity contribution in [1.82, 2.24) is 19.0 Å². The molecule has 9 heteroatoms. The normalized spacial score (nSPS) is 18.7. The van der Waals surface area contributed by atoms with Gasteiger partial charge in [-0.25, -0.2) is 8.42 Å². The molecule has 4 rings (SSSR count). The van der Waals surface area contributed by atoms with Crippen LogP contribution in [0.4, 0.5) is 0 Å². The zero-order chi connectivity index (χ0) is 18.3. The minimum absolute atomic E-state index is 0.101. The molecule has 2 aliphatic rings. The van der Waals surface area contributed by atoms with Gasteiger partial charge in [-0.3, -0.25) is 9.48 Å². The molecule has 0 atom stereocenters. The Morgan fingerprint density at radius 2 is 1.88 bits per heavy atom. The number of nitrogens with zero attached hydrogens (tertiary/aromatic N) is 4. The Bertz CT molecular complexity index is 900. The van der Waals surface area contributed by atoms with E-state index < -0.39 is 10.0 Å². The first-order valence-electron chi connectivity index (χ1n) is 8.88. The molecule has 1 saturated heterocycles. The SMILES string of the molecule is Cc1ccc(S(=O)(=O)N2CCN(C(=O)c3cc4n(n3)CCCC4)CC2)s1. The van der Waals surface area contributed by atoms with Crippen LogP contribution in [-0.2, 0) is 23.0 Å². The van der Waals surface area contributed by atoms with Crippen LogP contribution in [0.25, 0.3) is 0 Å². The van der Waals surface area contributed by atoms with Gasteiger partial charge in [-0.05, 0) is 44.4 Å². The summed E-state index contributed by atoms with van der Waals surface area (Å²) in [5.41, 5.74) is 1.60. The minimum atomic E-state index is -3.46. The number of rotatable bonds is 3. The van der Waals surface area contributed by atoms with Gasteiger partial charge in [-0.15, -0.1) is 11.3 Å². The highest BCUT2D eigenvalue weighted by molar-refractivity contribution is 7.91. The van der Waals surface area contributed by atoms with Gasteiger partial charge in [-0.2, -0.15) is 9.40 Å². The molecule has 0 saturated carbocycles. The number of fused-ring (bicyclic) bond motifs is 1. The summed E-state index contributed by atoms with van der Waals surface area (Å²) in [6, 6.07) is 5.36. The van der Waals surface area contributed by atoms with Gasteiger partial charge in [0, 0.05) is 43.3 Å². The van der Waals surface area contributed by atoms with E-state index in [1.807, 2.05) is 23.7 Å². The number of piperazine rings is 1. The molecule has 26 heavy (non-hydrogen) atoms. The van der Waals surface area contributed by atoms with Crippen molar-refractivity contribution in [2.45, 2.75) is 36.9 Å². The average Bonchev–Trinajstić information content (AvgIpc) is 3.27. The zero-order valence-electron chi connectivity index (χ0n) is 14.7. The number of aryl methyl sites for hydroxylation is 3. The van der Waals surface area contributed by atoms with Crippen molar-refractivity contribution < 1.29 is 13.2 Å². The fourth-order valence-electron chi connectivity index (χ4n) is 3.49. The molecule has 1 amide bonds. The predicted molar refractivity (Wildman–Crippen MR) is 98.9 cm³/mol. The fraction of sp³-hybridized carbons (Fsp3) is 0.529. The number of thiophene rings is 1. The van der Waals surface area contributed by atoms with Crippen molar-refractivity contribution in [1.29, 1.82) is 0 Å². The number of hydrogen-bond acceptors (Lipinski definition) is 5. The van der Waals surface area contributed by atoms with Gasteiger partial charge in [0.15, 0.2) is 5.69 Å². The topological polar surface area (TPSA) is 75.5 Å². The molecule has 0 radical (unpaired) electrons. The van der Waals surface area contributed by atoms with E-state index in [9.17, 15) is 13.2 Å². The van der Waals surface area contributed by atoms with Crippen molar-refractivity contribution in [2.24, 2.45) is 0 Å². The highest BCUT2D eigenvalue weighted by Crippen LogP contribution is 2.25. The molecular weight excluding hydrogens is 372 g/mol. The van der Waals surface area contributed by atoms with Gasteiger partial charge >= 0.3 is 0 Å². The molecule has 0 N–H and O–H groups in total. The van der Waals surface area contributed by atoms with Gasteiger partial charge in [0.25, 0.3) is 15.9 Å². The highest BCUT2D eigenvalue weighted by atomic mass is 32.2. The van der Waals surface area contributed by atoms with Crippen molar-refractivity contribution in [2.75, 3.05) is 26.2 Å². The van der Waals surface area contributed by atoms with Gasteiger partial charge in [0.05, 0.1) is 0 Å². The summed E-state index contributed by atoms with van der Waals surface area (Å²) < 4.78 is 29.2. The molecular formula is C17H22N4O3S2. The third-order valence-corrected chi connectivity index (χ3v) is 8.34. The summed E-state index contributed by atoms with van der Waals surface area (Å²) in [5.74, 6) is -0.101. The first-order chi connectivity index (χ1) is 12.4.